The van der Waals surface area contributed by atoms with Crippen molar-refractivity contribution in [3.63, 3.8) is 0 Å². The number of rotatable bonds is 4. The van der Waals surface area contributed by atoms with Crippen molar-refractivity contribution in [2.45, 2.75) is 31.7 Å². The first-order valence-corrected chi connectivity index (χ1v) is 9.42. The molecule has 6 nitrogen and oxygen atoms in total. The van der Waals surface area contributed by atoms with Crippen LogP contribution in [-0.2, 0) is 20.1 Å². The first-order valence-electron chi connectivity index (χ1n) is 6.45. The molecule has 0 aromatic heterocycles. The average Bonchev–Trinajstić information content (AvgIpc) is 2.35. The highest BCUT2D eigenvalue weighted by molar-refractivity contribution is 9.08. The molecule has 22 heavy (non-hydrogen) atoms. The Bertz CT molecular complexity index is 652. The Hall–Kier alpha value is -1.28. The van der Waals surface area contributed by atoms with E-state index >= 15 is 0 Å². The van der Waals surface area contributed by atoms with E-state index in [1.807, 2.05) is 0 Å². The number of amides is 1. The highest BCUT2D eigenvalue weighted by Crippen LogP contribution is 2.30. The predicted octanol–water partition coefficient (Wildman–Crippen LogP) is 3.29. The molecule has 0 aliphatic carbocycles. The standard InChI is InChI=1S/C14H20BrNO5S/c1-14(2,3)21-13(17)16(22(5,18)19)12-7-6-11(20-4)8-10(12)9-15/h6-8H,9H2,1-5H3. The molecule has 0 spiro atoms. The van der Waals surface area contributed by atoms with Gasteiger partial charge in [-0.3, -0.25) is 0 Å². The van der Waals surface area contributed by atoms with Crippen LogP contribution in [0.15, 0.2) is 18.2 Å². The summed E-state index contributed by atoms with van der Waals surface area (Å²) in [5, 5.41) is 0.356. The highest BCUT2D eigenvalue weighted by Gasteiger charge is 2.31. The fraction of sp³-hybridized carbons (Fsp3) is 0.500. The van der Waals surface area contributed by atoms with E-state index in [0.717, 1.165) is 6.26 Å². The number of carbonyl (C=O) groups excluding carboxylic acids is 1. The molecule has 0 saturated heterocycles. The average molecular weight is 394 g/mol. The Morgan fingerprint density at radius 2 is 1.91 bits per heavy atom. The molecule has 124 valence electrons. The summed E-state index contributed by atoms with van der Waals surface area (Å²) in [6.07, 6.45) is 0.0153. The zero-order valence-electron chi connectivity index (χ0n) is 13.2. The van der Waals surface area contributed by atoms with Crippen LogP contribution in [0.4, 0.5) is 10.5 Å². The van der Waals surface area contributed by atoms with Gasteiger partial charge in [0.1, 0.15) is 11.4 Å². The normalized spacial score (nSPS) is 11.9. The van der Waals surface area contributed by atoms with Crippen molar-refractivity contribution < 1.29 is 22.7 Å². The lowest BCUT2D eigenvalue weighted by molar-refractivity contribution is 0.0609. The second-order valence-corrected chi connectivity index (χ2v) is 8.03. The van der Waals surface area contributed by atoms with Gasteiger partial charge in [0.05, 0.1) is 19.1 Å². The van der Waals surface area contributed by atoms with E-state index in [2.05, 4.69) is 15.9 Å². The summed E-state index contributed by atoms with van der Waals surface area (Å²) in [5.41, 5.74) is 0.0196. The summed E-state index contributed by atoms with van der Waals surface area (Å²) >= 11 is 3.29. The van der Waals surface area contributed by atoms with Crippen molar-refractivity contribution in [3.05, 3.63) is 23.8 Å². The van der Waals surface area contributed by atoms with Crippen LogP contribution in [0.25, 0.3) is 0 Å². The first kappa shape index (κ1) is 18.8. The SMILES string of the molecule is COc1ccc(N(C(=O)OC(C)(C)C)S(C)(=O)=O)c(CBr)c1. The van der Waals surface area contributed by atoms with Gasteiger partial charge in [-0.2, -0.15) is 4.31 Å². The van der Waals surface area contributed by atoms with Crippen molar-refractivity contribution in [1.29, 1.82) is 0 Å². The Labute approximate surface area is 139 Å². The number of carbonyl (C=O) groups is 1. The smallest absolute Gasteiger partial charge is 0.428 e. The van der Waals surface area contributed by atoms with E-state index in [-0.39, 0.29) is 5.69 Å². The summed E-state index contributed by atoms with van der Waals surface area (Å²) in [5.74, 6) is 0.566. The molecule has 1 aromatic rings. The Kier molecular flexibility index (Phi) is 5.86. The molecule has 0 unspecified atom stereocenters. The van der Waals surface area contributed by atoms with Gasteiger partial charge in [0, 0.05) is 5.33 Å². The van der Waals surface area contributed by atoms with Crippen molar-refractivity contribution in [2.24, 2.45) is 0 Å². The van der Waals surface area contributed by atoms with E-state index in [1.54, 1.807) is 32.9 Å². The quantitative estimate of drug-likeness (QED) is 0.733. The summed E-state index contributed by atoms with van der Waals surface area (Å²) in [6.45, 7) is 5.01. The molecule has 0 atom stereocenters. The third kappa shape index (κ3) is 4.88. The van der Waals surface area contributed by atoms with E-state index in [0.29, 0.717) is 20.9 Å². The van der Waals surface area contributed by atoms with Gasteiger partial charge in [-0.15, -0.1) is 0 Å². The molecule has 1 aromatic carbocycles. The number of ether oxygens (including phenoxy) is 2. The van der Waals surface area contributed by atoms with Gasteiger partial charge in [-0.1, -0.05) is 15.9 Å². The topological polar surface area (TPSA) is 72.9 Å². The highest BCUT2D eigenvalue weighted by atomic mass is 79.9. The number of sulfonamides is 1. The fourth-order valence-electron chi connectivity index (χ4n) is 1.71. The second-order valence-electron chi connectivity index (χ2n) is 5.64. The molecular weight excluding hydrogens is 374 g/mol. The van der Waals surface area contributed by atoms with E-state index in [9.17, 15) is 13.2 Å². The number of halogens is 1. The van der Waals surface area contributed by atoms with Crippen LogP contribution >= 0.6 is 15.9 Å². The molecule has 0 saturated carbocycles. The third-order valence-electron chi connectivity index (χ3n) is 2.54. The van der Waals surface area contributed by atoms with Crippen molar-refractivity contribution in [2.75, 3.05) is 17.7 Å². The van der Waals surface area contributed by atoms with Gasteiger partial charge >= 0.3 is 6.09 Å². The van der Waals surface area contributed by atoms with Crippen LogP contribution in [-0.4, -0.2) is 33.5 Å². The number of nitrogens with zero attached hydrogens (tertiary/aromatic N) is 1. The summed E-state index contributed by atoms with van der Waals surface area (Å²) in [7, 11) is -2.34. The minimum Gasteiger partial charge on any atom is -0.497 e. The minimum absolute atomic E-state index is 0.231. The monoisotopic (exact) mass is 393 g/mol. The summed E-state index contributed by atoms with van der Waals surface area (Å²) < 4.78 is 35.1. The maximum Gasteiger partial charge on any atom is 0.428 e. The molecule has 0 aliphatic heterocycles. The van der Waals surface area contributed by atoms with Crippen LogP contribution in [0.3, 0.4) is 0 Å². The van der Waals surface area contributed by atoms with Gasteiger partial charge in [0.15, 0.2) is 0 Å². The number of alkyl halides is 1. The molecule has 8 heteroatoms. The zero-order chi connectivity index (χ0) is 17.1. The maximum atomic E-state index is 12.3. The lowest BCUT2D eigenvalue weighted by Crippen LogP contribution is -2.40. The number of anilines is 1. The van der Waals surface area contributed by atoms with Crippen LogP contribution in [0.2, 0.25) is 0 Å². The molecule has 0 aliphatic rings. The molecule has 0 bridgehead atoms. The van der Waals surface area contributed by atoms with Gasteiger partial charge < -0.3 is 9.47 Å². The zero-order valence-corrected chi connectivity index (χ0v) is 15.6. The second kappa shape index (κ2) is 6.87. The minimum atomic E-state index is -3.84. The molecular formula is C14H20BrNO5S. The van der Waals surface area contributed by atoms with E-state index in [1.165, 1.54) is 13.2 Å². The summed E-state index contributed by atoms with van der Waals surface area (Å²) in [4.78, 5) is 12.3. The number of benzene rings is 1. The lowest BCUT2D eigenvalue weighted by Gasteiger charge is -2.27. The van der Waals surface area contributed by atoms with E-state index < -0.39 is 21.7 Å². The fourth-order valence-corrected chi connectivity index (χ4v) is 3.00. The van der Waals surface area contributed by atoms with E-state index in [4.69, 9.17) is 9.47 Å². The van der Waals surface area contributed by atoms with Crippen LogP contribution in [0, 0.1) is 0 Å². The number of hydrogen-bond donors (Lipinski definition) is 0. The number of methoxy groups -OCH3 is 1. The molecule has 1 rings (SSSR count). The Balaban J connectivity index is 3.39. The number of hydrogen-bond acceptors (Lipinski definition) is 5. The van der Waals surface area contributed by atoms with Gasteiger partial charge in [-0.25, -0.2) is 13.2 Å². The molecule has 1 amide bonds. The first-order chi connectivity index (χ1) is 9.99. The van der Waals surface area contributed by atoms with Gasteiger partial charge in [0.2, 0.25) is 10.0 Å². The van der Waals surface area contributed by atoms with Crippen LogP contribution in [0.5, 0.6) is 5.75 Å². The summed E-state index contributed by atoms with van der Waals surface area (Å²) in [6, 6.07) is 4.76. The Morgan fingerprint density at radius 1 is 1.32 bits per heavy atom. The molecule has 0 fully saturated rings. The van der Waals surface area contributed by atoms with Gasteiger partial charge in [0.25, 0.3) is 0 Å². The van der Waals surface area contributed by atoms with Crippen molar-refractivity contribution >= 4 is 37.7 Å². The van der Waals surface area contributed by atoms with Crippen LogP contribution in [0.1, 0.15) is 26.3 Å². The molecule has 0 radical (unpaired) electrons. The lowest BCUT2D eigenvalue weighted by atomic mass is 10.2. The van der Waals surface area contributed by atoms with Crippen LogP contribution < -0.4 is 9.04 Å². The Morgan fingerprint density at radius 3 is 2.32 bits per heavy atom. The third-order valence-corrected chi connectivity index (χ3v) is 4.15. The van der Waals surface area contributed by atoms with Crippen molar-refractivity contribution in [1.82, 2.24) is 0 Å². The molecule has 0 N–H and O–H groups in total. The largest absolute Gasteiger partial charge is 0.497 e. The predicted molar refractivity (Wildman–Crippen MR) is 89.2 cm³/mol. The van der Waals surface area contributed by atoms with Gasteiger partial charge in [-0.05, 0) is 44.5 Å². The van der Waals surface area contributed by atoms with Crippen molar-refractivity contribution in [3.8, 4) is 5.75 Å². The maximum absolute atomic E-state index is 12.3. The molecule has 0 heterocycles.